The smallest absolute Gasteiger partial charge is 0.406 e. The Morgan fingerprint density at radius 3 is 2.61 bits per heavy atom. The number of aliphatic imine (C=N–C) groups is 1. The molecule has 1 aromatic carbocycles. The highest BCUT2D eigenvalue weighted by Gasteiger charge is 2.31. The molecule has 10 heteroatoms. The molecule has 1 aromatic rings. The lowest BCUT2D eigenvalue weighted by Gasteiger charge is -2.25. The van der Waals surface area contributed by atoms with Crippen LogP contribution in [-0.4, -0.2) is 62.2 Å². The highest BCUT2D eigenvalue weighted by atomic mass is 127. The van der Waals surface area contributed by atoms with Crippen molar-refractivity contribution >= 4 is 29.9 Å². The highest BCUT2D eigenvalue weighted by Crippen LogP contribution is 2.24. The first-order chi connectivity index (χ1) is 12.8. The quantitative estimate of drug-likeness (QED) is 0.331. The second-order valence-electron chi connectivity index (χ2n) is 6.44. The van der Waals surface area contributed by atoms with E-state index in [1.54, 1.807) is 0 Å². The summed E-state index contributed by atoms with van der Waals surface area (Å²) < 4.78 is 45.8. The molecule has 1 heterocycles. The van der Waals surface area contributed by atoms with Crippen molar-refractivity contribution in [3.05, 3.63) is 29.8 Å². The third kappa shape index (κ3) is 8.39. The van der Waals surface area contributed by atoms with Gasteiger partial charge in [0.15, 0.2) is 5.96 Å². The monoisotopic (exact) mass is 517 g/mol. The Kier molecular flexibility index (Phi) is 10.3. The zero-order valence-corrected chi connectivity index (χ0v) is 18.2. The van der Waals surface area contributed by atoms with E-state index in [2.05, 4.69) is 15.0 Å². The minimum absolute atomic E-state index is 0. The van der Waals surface area contributed by atoms with Crippen LogP contribution in [0, 0.1) is 5.92 Å². The van der Waals surface area contributed by atoms with Gasteiger partial charge in [0.05, 0.1) is 19.3 Å². The Bertz CT molecular complexity index is 608. The van der Waals surface area contributed by atoms with Crippen molar-refractivity contribution in [2.75, 3.05) is 39.9 Å². The van der Waals surface area contributed by atoms with Gasteiger partial charge in [0.2, 0.25) is 0 Å². The highest BCUT2D eigenvalue weighted by molar-refractivity contribution is 14.0. The van der Waals surface area contributed by atoms with Crippen LogP contribution in [0.4, 0.5) is 13.2 Å². The number of ether oxygens (including phenoxy) is 2. The minimum Gasteiger partial charge on any atom is -0.406 e. The number of nitrogens with one attached hydrogen (secondary N) is 1. The van der Waals surface area contributed by atoms with Crippen LogP contribution in [0.15, 0.2) is 29.3 Å². The number of alkyl halides is 3. The topological polar surface area (TPSA) is 66.3 Å². The van der Waals surface area contributed by atoms with Crippen molar-refractivity contribution < 1.29 is 27.8 Å². The predicted octanol–water partition coefficient (Wildman–Crippen LogP) is 3.17. The van der Waals surface area contributed by atoms with Gasteiger partial charge in [-0.3, -0.25) is 4.99 Å². The fraction of sp³-hybridized carbons (Fsp3) is 0.611. The molecule has 1 fully saturated rings. The zero-order valence-electron chi connectivity index (χ0n) is 15.9. The number of nitrogens with zero attached hydrogens (tertiary/aromatic N) is 2. The largest absolute Gasteiger partial charge is 0.573 e. The minimum atomic E-state index is -4.74. The molecule has 2 atom stereocenters. The third-order valence-electron chi connectivity index (χ3n) is 4.16. The maximum absolute atomic E-state index is 12.2. The molecular weight excluding hydrogens is 490 g/mol. The first kappa shape index (κ1) is 24.8. The van der Waals surface area contributed by atoms with E-state index < -0.39 is 12.5 Å². The molecule has 1 aliphatic heterocycles. The lowest BCUT2D eigenvalue weighted by Crippen LogP contribution is -2.41. The van der Waals surface area contributed by atoms with Crippen molar-refractivity contribution in [3.63, 3.8) is 0 Å². The van der Waals surface area contributed by atoms with Crippen molar-refractivity contribution in [3.8, 4) is 5.75 Å². The van der Waals surface area contributed by atoms with E-state index in [9.17, 15) is 18.3 Å². The van der Waals surface area contributed by atoms with E-state index in [0.717, 1.165) is 26.2 Å². The molecule has 2 unspecified atom stereocenters. The maximum Gasteiger partial charge on any atom is 0.573 e. The number of hydrogen-bond donors (Lipinski definition) is 2. The average molecular weight is 517 g/mol. The van der Waals surface area contributed by atoms with Gasteiger partial charge in [-0.15, -0.1) is 37.1 Å². The SMILES string of the molecule is CCNC(=NCC(O)c1ccc(OC(F)(F)F)cc1)N(C)CC1CCOC1.I. The Morgan fingerprint density at radius 1 is 1.39 bits per heavy atom. The van der Waals surface area contributed by atoms with E-state index >= 15 is 0 Å². The van der Waals surface area contributed by atoms with Gasteiger partial charge < -0.3 is 24.8 Å². The van der Waals surface area contributed by atoms with Crippen LogP contribution in [0.2, 0.25) is 0 Å². The summed E-state index contributed by atoms with van der Waals surface area (Å²) in [5.74, 6) is 0.791. The summed E-state index contributed by atoms with van der Waals surface area (Å²) in [7, 11) is 1.93. The van der Waals surface area contributed by atoms with Gasteiger partial charge in [-0.2, -0.15) is 0 Å². The van der Waals surface area contributed by atoms with E-state index in [1.807, 2.05) is 18.9 Å². The fourth-order valence-corrected chi connectivity index (χ4v) is 2.84. The average Bonchev–Trinajstić information content (AvgIpc) is 3.10. The molecular formula is C18H27F3IN3O3. The van der Waals surface area contributed by atoms with Crippen molar-refractivity contribution in [1.82, 2.24) is 10.2 Å². The number of hydrogen-bond acceptors (Lipinski definition) is 4. The summed E-state index contributed by atoms with van der Waals surface area (Å²) in [5, 5.41) is 13.5. The van der Waals surface area contributed by atoms with Gasteiger partial charge >= 0.3 is 6.36 Å². The fourth-order valence-electron chi connectivity index (χ4n) is 2.84. The Hall–Kier alpha value is -1.27. The number of aliphatic hydroxyl groups is 1. The Morgan fingerprint density at radius 2 is 2.07 bits per heavy atom. The van der Waals surface area contributed by atoms with Crippen molar-refractivity contribution in [1.29, 1.82) is 0 Å². The first-order valence-corrected chi connectivity index (χ1v) is 8.89. The Balaban J connectivity index is 0.00000392. The van der Waals surface area contributed by atoms with Crippen LogP contribution in [0.25, 0.3) is 0 Å². The lowest BCUT2D eigenvalue weighted by molar-refractivity contribution is -0.274. The van der Waals surface area contributed by atoms with E-state index in [4.69, 9.17) is 4.74 Å². The van der Waals surface area contributed by atoms with Crippen LogP contribution in [0.5, 0.6) is 5.75 Å². The van der Waals surface area contributed by atoms with E-state index in [1.165, 1.54) is 24.3 Å². The van der Waals surface area contributed by atoms with Gasteiger partial charge in [-0.1, -0.05) is 12.1 Å². The van der Waals surface area contributed by atoms with Crippen LogP contribution in [0.1, 0.15) is 25.0 Å². The second-order valence-corrected chi connectivity index (χ2v) is 6.44. The molecule has 1 saturated heterocycles. The molecule has 0 amide bonds. The molecule has 6 nitrogen and oxygen atoms in total. The summed E-state index contributed by atoms with van der Waals surface area (Å²) in [6, 6.07) is 5.14. The van der Waals surface area contributed by atoms with Crippen LogP contribution < -0.4 is 10.1 Å². The summed E-state index contributed by atoms with van der Waals surface area (Å²) in [5.41, 5.74) is 0.468. The van der Waals surface area contributed by atoms with Crippen LogP contribution in [0.3, 0.4) is 0 Å². The molecule has 0 saturated carbocycles. The number of halogens is 4. The number of guanidine groups is 1. The maximum atomic E-state index is 12.2. The van der Waals surface area contributed by atoms with Gasteiger partial charge in [0.25, 0.3) is 0 Å². The molecule has 0 spiro atoms. The lowest BCUT2D eigenvalue weighted by atomic mass is 10.1. The van der Waals surface area contributed by atoms with Gasteiger partial charge in [-0.25, -0.2) is 0 Å². The van der Waals surface area contributed by atoms with Crippen LogP contribution >= 0.6 is 24.0 Å². The molecule has 160 valence electrons. The van der Waals surface area contributed by atoms with E-state index in [0.29, 0.717) is 24.0 Å². The summed E-state index contributed by atoms with van der Waals surface area (Å²) in [4.78, 5) is 6.44. The van der Waals surface area contributed by atoms with Crippen LogP contribution in [-0.2, 0) is 4.74 Å². The normalized spacial score (nSPS) is 18.4. The molecule has 0 aromatic heterocycles. The second kappa shape index (κ2) is 11.7. The number of benzene rings is 1. The molecule has 1 aliphatic rings. The Labute approximate surface area is 180 Å². The molecule has 0 aliphatic carbocycles. The summed E-state index contributed by atoms with van der Waals surface area (Å²) >= 11 is 0. The van der Waals surface area contributed by atoms with Gasteiger partial charge in [-0.05, 0) is 31.0 Å². The zero-order chi connectivity index (χ0) is 19.9. The van der Waals surface area contributed by atoms with Gasteiger partial charge in [0.1, 0.15) is 5.75 Å². The summed E-state index contributed by atoms with van der Waals surface area (Å²) in [6.45, 7) is 5.04. The number of aliphatic hydroxyl groups excluding tert-OH is 1. The predicted molar refractivity (Wildman–Crippen MR) is 111 cm³/mol. The molecule has 0 radical (unpaired) electrons. The first-order valence-electron chi connectivity index (χ1n) is 8.89. The summed E-state index contributed by atoms with van der Waals surface area (Å²) in [6.07, 6.45) is -4.65. The standard InChI is InChI=1S/C18H26F3N3O3.HI/c1-3-22-17(24(2)11-13-8-9-26-12-13)23-10-16(25)14-4-6-15(7-5-14)27-18(19,20)21;/h4-7,13,16,25H,3,8-12H2,1-2H3,(H,22,23);1H. The molecule has 2 rings (SSSR count). The van der Waals surface area contributed by atoms with E-state index in [-0.39, 0.29) is 36.3 Å². The molecule has 2 N–H and O–H groups in total. The van der Waals surface area contributed by atoms with Crippen molar-refractivity contribution in [2.24, 2.45) is 10.9 Å². The van der Waals surface area contributed by atoms with Crippen molar-refractivity contribution in [2.45, 2.75) is 25.8 Å². The molecule has 28 heavy (non-hydrogen) atoms. The van der Waals surface area contributed by atoms with Gasteiger partial charge in [0, 0.05) is 32.7 Å². The third-order valence-corrected chi connectivity index (χ3v) is 4.16. The number of rotatable bonds is 7. The molecule has 0 bridgehead atoms.